The molecule has 1 fully saturated rings. The van der Waals surface area contributed by atoms with Gasteiger partial charge in [0.2, 0.25) is 0 Å². The number of pyridine rings is 1. The molecule has 0 saturated carbocycles. The largest absolute Gasteiger partial charge is 0.490 e. The third-order valence-electron chi connectivity index (χ3n) is 4.93. The first-order valence-corrected chi connectivity index (χ1v) is 10.8. The first-order chi connectivity index (χ1) is 15.2. The molecule has 2 aliphatic heterocycles. The van der Waals surface area contributed by atoms with E-state index >= 15 is 0 Å². The number of nitrogens with zero attached hydrogens (tertiary/aromatic N) is 4. The molecule has 2 aromatic heterocycles. The minimum atomic E-state index is -5.08. The number of thiazole rings is 1. The fourth-order valence-electron chi connectivity index (χ4n) is 3.28. The van der Waals surface area contributed by atoms with E-state index in [1.165, 1.54) is 4.88 Å². The van der Waals surface area contributed by atoms with Gasteiger partial charge in [0.05, 0.1) is 24.6 Å². The van der Waals surface area contributed by atoms with Crippen LogP contribution < -0.4 is 0 Å². The average molecular weight is 472 g/mol. The Bertz CT molecular complexity index is 892. The number of ether oxygens (including phenoxy) is 1. The van der Waals surface area contributed by atoms with E-state index in [0.29, 0.717) is 31.3 Å². The number of halogens is 3. The van der Waals surface area contributed by atoms with Gasteiger partial charge < -0.3 is 14.7 Å². The van der Waals surface area contributed by atoms with Gasteiger partial charge in [0.1, 0.15) is 0 Å². The van der Waals surface area contributed by atoms with Gasteiger partial charge in [0, 0.05) is 50.2 Å². The lowest BCUT2D eigenvalue weighted by molar-refractivity contribution is -0.192. The molecule has 0 unspecified atom stereocenters. The highest BCUT2D eigenvalue weighted by Crippen LogP contribution is 2.24. The van der Waals surface area contributed by atoms with Crippen molar-refractivity contribution in [3.8, 4) is 0 Å². The Labute approximate surface area is 186 Å². The highest BCUT2D eigenvalue weighted by Gasteiger charge is 2.38. The zero-order valence-electron chi connectivity index (χ0n) is 17.2. The van der Waals surface area contributed by atoms with E-state index in [2.05, 4.69) is 20.9 Å². The molecule has 12 heteroatoms. The van der Waals surface area contributed by atoms with Crippen molar-refractivity contribution in [2.75, 3.05) is 39.4 Å². The van der Waals surface area contributed by atoms with Crippen LogP contribution >= 0.6 is 11.3 Å². The molecule has 32 heavy (non-hydrogen) atoms. The predicted octanol–water partition coefficient (Wildman–Crippen LogP) is 2.24. The van der Waals surface area contributed by atoms with Crippen molar-refractivity contribution in [1.29, 1.82) is 0 Å². The van der Waals surface area contributed by atoms with E-state index in [0.717, 1.165) is 43.9 Å². The Kier molecular flexibility index (Phi) is 8.15. The van der Waals surface area contributed by atoms with Crippen LogP contribution in [-0.2, 0) is 28.9 Å². The maximum atomic E-state index is 12.6. The molecule has 0 aliphatic carbocycles. The van der Waals surface area contributed by atoms with Gasteiger partial charge in [-0.15, -0.1) is 11.3 Å². The van der Waals surface area contributed by atoms with Crippen LogP contribution in [0.3, 0.4) is 0 Å². The summed E-state index contributed by atoms with van der Waals surface area (Å²) in [6.07, 6.45) is -1.39. The van der Waals surface area contributed by atoms with Crippen molar-refractivity contribution < 1.29 is 32.6 Å². The zero-order chi connectivity index (χ0) is 23.1. The van der Waals surface area contributed by atoms with E-state index in [1.807, 2.05) is 23.2 Å². The first-order valence-electron chi connectivity index (χ1n) is 10.0. The number of fused-ring (bicyclic) bond motifs is 1. The first kappa shape index (κ1) is 24.1. The van der Waals surface area contributed by atoms with Crippen LogP contribution in [0.25, 0.3) is 0 Å². The second-order valence-corrected chi connectivity index (χ2v) is 8.28. The van der Waals surface area contributed by atoms with E-state index in [-0.39, 0.29) is 5.91 Å². The van der Waals surface area contributed by atoms with E-state index in [4.69, 9.17) is 14.6 Å². The molecule has 0 aromatic carbocycles. The summed E-state index contributed by atoms with van der Waals surface area (Å²) in [7, 11) is 0. The van der Waals surface area contributed by atoms with E-state index in [9.17, 15) is 18.0 Å². The van der Waals surface area contributed by atoms with Crippen molar-refractivity contribution in [3.05, 3.63) is 45.7 Å². The van der Waals surface area contributed by atoms with Crippen molar-refractivity contribution >= 4 is 23.2 Å². The average Bonchev–Trinajstić information content (AvgIpc) is 3.10. The van der Waals surface area contributed by atoms with Gasteiger partial charge in [-0.1, -0.05) is 6.07 Å². The molecule has 0 spiro atoms. The van der Waals surface area contributed by atoms with Gasteiger partial charge in [0.25, 0.3) is 5.91 Å². The molecule has 8 nitrogen and oxygen atoms in total. The van der Waals surface area contributed by atoms with Gasteiger partial charge in [-0.05, 0) is 18.6 Å². The molecule has 2 aromatic rings. The third kappa shape index (κ3) is 6.71. The molecular weight excluding hydrogens is 449 g/mol. The topological polar surface area (TPSA) is 95.9 Å². The maximum Gasteiger partial charge on any atom is 0.490 e. The van der Waals surface area contributed by atoms with Crippen LogP contribution in [0.15, 0.2) is 24.4 Å². The summed E-state index contributed by atoms with van der Waals surface area (Å²) in [5, 5.41) is 7.77. The normalized spacial score (nSPS) is 17.0. The molecule has 1 amide bonds. The quantitative estimate of drug-likeness (QED) is 0.732. The van der Waals surface area contributed by atoms with Crippen LogP contribution in [0, 0.1) is 0 Å². The molecule has 1 N–H and O–H groups in total. The number of carboxylic acid groups (broad SMARTS) is 1. The summed E-state index contributed by atoms with van der Waals surface area (Å²) in [6.45, 7) is 5.39. The number of rotatable bonds is 3. The monoisotopic (exact) mass is 472 g/mol. The smallest absolute Gasteiger partial charge is 0.475 e. The second-order valence-electron chi connectivity index (χ2n) is 7.19. The third-order valence-corrected chi connectivity index (χ3v) is 6.08. The fraction of sp³-hybridized carbons (Fsp3) is 0.500. The molecule has 1 saturated heterocycles. The summed E-state index contributed by atoms with van der Waals surface area (Å²) in [4.78, 5) is 36.1. The lowest BCUT2D eigenvalue weighted by Crippen LogP contribution is -2.40. The van der Waals surface area contributed by atoms with Crippen LogP contribution in [0.4, 0.5) is 13.2 Å². The summed E-state index contributed by atoms with van der Waals surface area (Å²) in [5.74, 6) is -2.70. The number of amides is 1. The van der Waals surface area contributed by atoms with Crippen molar-refractivity contribution in [1.82, 2.24) is 19.8 Å². The maximum absolute atomic E-state index is 12.6. The number of hydrogen-bond donors (Lipinski definition) is 1. The molecule has 0 atom stereocenters. The van der Waals surface area contributed by atoms with Gasteiger partial charge in [0.15, 0.2) is 5.01 Å². The van der Waals surface area contributed by atoms with Crippen LogP contribution in [0.2, 0.25) is 0 Å². The van der Waals surface area contributed by atoms with Crippen molar-refractivity contribution in [2.24, 2.45) is 0 Å². The standard InChI is InChI=1S/C18H22N4O2S.C2HF3O2/c23-18(22-9-11-24-12-10-22)17-20-15-4-7-21(8-5-16(15)25-17)13-14-3-1-2-6-19-14;3-2(4,5)1(6)7/h1-3,6H,4-5,7-13H2;(H,6,7). The lowest BCUT2D eigenvalue weighted by atomic mass is 10.2. The molecule has 4 heterocycles. The Balaban J connectivity index is 0.000000360. The van der Waals surface area contributed by atoms with Crippen molar-refractivity contribution in [3.63, 3.8) is 0 Å². The van der Waals surface area contributed by atoms with Crippen LogP contribution in [0.5, 0.6) is 0 Å². The van der Waals surface area contributed by atoms with Crippen molar-refractivity contribution in [2.45, 2.75) is 25.6 Å². The zero-order valence-corrected chi connectivity index (χ0v) is 18.0. The van der Waals surface area contributed by atoms with Gasteiger partial charge in [-0.25, -0.2) is 9.78 Å². The van der Waals surface area contributed by atoms with Crippen LogP contribution in [0.1, 0.15) is 26.1 Å². The molecule has 0 radical (unpaired) electrons. The SMILES string of the molecule is O=C(O)C(F)(F)F.O=C(c1nc2c(s1)CCN(Cc1ccccn1)CC2)N1CCOCC1. The van der Waals surface area contributed by atoms with E-state index in [1.54, 1.807) is 11.3 Å². The Morgan fingerprint density at radius 3 is 2.44 bits per heavy atom. The molecule has 4 rings (SSSR count). The minimum absolute atomic E-state index is 0.0618. The molecule has 0 bridgehead atoms. The highest BCUT2D eigenvalue weighted by atomic mass is 32.1. The molecule has 2 aliphatic rings. The second kappa shape index (κ2) is 10.8. The number of carboxylic acids is 1. The number of aliphatic carboxylic acids is 1. The number of carbonyl (C=O) groups excluding carboxylic acids is 1. The van der Waals surface area contributed by atoms with Gasteiger partial charge in [-0.3, -0.25) is 14.7 Å². The van der Waals surface area contributed by atoms with Gasteiger partial charge >= 0.3 is 12.1 Å². The Morgan fingerprint density at radius 1 is 1.12 bits per heavy atom. The summed E-state index contributed by atoms with van der Waals surface area (Å²) in [5.41, 5.74) is 2.20. The summed E-state index contributed by atoms with van der Waals surface area (Å²) in [6, 6.07) is 6.04. The Hall–Kier alpha value is -2.57. The Morgan fingerprint density at radius 2 is 1.81 bits per heavy atom. The number of morpholine rings is 1. The predicted molar refractivity (Wildman–Crippen MR) is 109 cm³/mol. The molecule has 174 valence electrons. The minimum Gasteiger partial charge on any atom is -0.475 e. The van der Waals surface area contributed by atoms with Crippen LogP contribution in [-0.4, -0.2) is 82.3 Å². The summed E-state index contributed by atoms with van der Waals surface area (Å²) >= 11 is 1.57. The van der Waals surface area contributed by atoms with Gasteiger partial charge in [-0.2, -0.15) is 13.2 Å². The number of alkyl halides is 3. The molecular formula is C20H23F3N4O4S. The number of aromatic nitrogens is 2. The summed E-state index contributed by atoms with van der Waals surface area (Å²) < 4.78 is 37.1. The lowest BCUT2D eigenvalue weighted by Gasteiger charge is -2.25. The fourth-order valence-corrected chi connectivity index (χ4v) is 4.35. The number of hydrogen-bond acceptors (Lipinski definition) is 7. The number of carbonyl (C=O) groups is 2. The highest BCUT2D eigenvalue weighted by molar-refractivity contribution is 7.13. The van der Waals surface area contributed by atoms with E-state index < -0.39 is 12.1 Å².